The first kappa shape index (κ1) is 15.6. The van der Waals surface area contributed by atoms with Crippen LogP contribution in [0.3, 0.4) is 0 Å². The van der Waals surface area contributed by atoms with Gasteiger partial charge in [0.1, 0.15) is 0 Å². The highest BCUT2D eigenvalue weighted by molar-refractivity contribution is 5.74. The van der Waals surface area contributed by atoms with Crippen LogP contribution >= 0.6 is 0 Å². The molecule has 1 atom stereocenters. The minimum Gasteiger partial charge on any atom is -0.387 e. The molecule has 2 amide bonds. The summed E-state index contributed by atoms with van der Waals surface area (Å²) >= 11 is 0. The predicted octanol–water partition coefficient (Wildman–Crippen LogP) is 2.59. The number of hydrogen-bond donors (Lipinski definition) is 3. The SMILES string of the molecule is O=C(NC[C@H](O)c1cccc(C(F)(F)F)c1)NC1CCC1. The monoisotopic (exact) mass is 302 g/mol. The Balaban J connectivity index is 1.87. The van der Waals surface area contributed by atoms with E-state index < -0.39 is 23.9 Å². The third kappa shape index (κ3) is 4.35. The molecule has 1 saturated carbocycles. The van der Waals surface area contributed by atoms with Gasteiger partial charge >= 0.3 is 12.2 Å². The Morgan fingerprint density at radius 3 is 2.67 bits per heavy atom. The van der Waals surface area contributed by atoms with Crippen LogP contribution in [0.5, 0.6) is 0 Å². The quantitative estimate of drug-likeness (QED) is 0.800. The van der Waals surface area contributed by atoms with Crippen LogP contribution < -0.4 is 10.6 Å². The van der Waals surface area contributed by atoms with Gasteiger partial charge in [0.25, 0.3) is 0 Å². The molecule has 116 valence electrons. The largest absolute Gasteiger partial charge is 0.416 e. The first-order chi connectivity index (χ1) is 9.86. The van der Waals surface area contributed by atoms with Gasteiger partial charge in [-0.3, -0.25) is 0 Å². The number of nitrogens with one attached hydrogen (secondary N) is 2. The summed E-state index contributed by atoms with van der Waals surface area (Å²) in [5, 5.41) is 15.0. The van der Waals surface area contributed by atoms with Crippen LogP contribution in [0.2, 0.25) is 0 Å². The van der Waals surface area contributed by atoms with Crippen molar-refractivity contribution < 1.29 is 23.1 Å². The molecule has 0 bridgehead atoms. The Morgan fingerprint density at radius 2 is 2.10 bits per heavy atom. The molecule has 0 saturated heterocycles. The second kappa shape index (κ2) is 6.34. The lowest BCUT2D eigenvalue weighted by Gasteiger charge is -2.26. The maximum absolute atomic E-state index is 12.6. The number of aliphatic hydroxyl groups is 1. The molecule has 0 unspecified atom stereocenters. The van der Waals surface area contributed by atoms with E-state index in [1.165, 1.54) is 12.1 Å². The summed E-state index contributed by atoms with van der Waals surface area (Å²) < 4.78 is 37.7. The third-order valence-electron chi connectivity index (χ3n) is 3.50. The molecule has 1 aromatic carbocycles. The molecule has 1 aliphatic carbocycles. The summed E-state index contributed by atoms with van der Waals surface area (Å²) in [7, 11) is 0. The van der Waals surface area contributed by atoms with E-state index in [0.717, 1.165) is 31.4 Å². The minimum atomic E-state index is -4.45. The van der Waals surface area contributed by atoms with Gasteiger partial charge in [-0.05, 0) is 37.0 Å². The molecule has 1 aliphatic rings. The number of carbonyl (C=O) groups is 1. The molecule has 0 aliphatic heterocycles. The Hall–Kier alpha value is -1.76. The summed E-state index contributed by atoms with van der Waals surface area (Å²) in [6.07, 6.45) is -2.69. The van der Waals surface area contributed by atoms with Crippen molar-refractivity contribution in [1.29, 1.82) is 0 Å². The minimum absolute atomic E-state index is 0.119. The van der Waals surface area contributed by atoms with E-state index in [1.54, 1.807) is 0 Å². The van der Waals surface area contributed by atoms with Crippen molar-refractivity contribution in [3.63, 3.8) is 0 Å². The maximum atomic E-state index is 12.6. The number of hydrogen-bond acceptors (Lipinski definition) is 2. The normalized spacial score (nSPS) is 17.0. The zero-order valence-electron chi connectivity index (χ0n) is 11.3. The van der Waals surface area contributed by atoms with Crippen LogP contribution in [0.4, 0.5) is 18.0 Å². The molecule has 7 heteroatoms. The Bertz CT molecular complexity index is 501. The highest BCUT2D eigenvalue weighted by atomic mass is 19.4. The van der Waals surface area contributed by atoms with Gasteiger partial charge in [0, 0.05) is 12.6 Å². The molecule has 0 aromatic heterocycles. The van der Waals surface area contributed by atoms with Crippen LogP contribution in [-0.4, -0.2) is 23.7 Å². The fraction of sp³-hybridized carbons (Fsp3) is 0.500. The van der Waals surface area contributed by atoms with Crippen LogP contribution in [0.1, 0.15) is 36.5 Å². The Morgan fingerprint density at radius 1 is 1.38 bits per heavy atom. The number of amides is 2. The van der Waals surface area contributed by atoms with Gasteiger partial charge in [-0.2, -0.15) is 13.2 Å². The molecule has 3 N–H and O–H groups in total. The average Bonchev–Trinajstić information content (AvgIpc) is 2.39. The van der Waals surface area contributed by atoms with Gasteiger partial charge < -0.3 is 15.7 Å². The van der Waals surface area contributed by atoms with E-state index >= 15 is 0 Å². The summed E-state index contributed by atoms with van der Waals surface area (Å²) in [5.74, 6) is 0. The summed E-state index contributed by atoms with van der Waals surface area (Å²) in [4.78, 5) is 11.5. The summed E-state index contributed by atoms with van der Waals surface area (Å²) in [6, 6.07) is 4.20. The zero-order valence-corrected chi connectivity index (χ0v) is 11.3. The van der Waals surface area contributed by atoms with E-state index in [-0.39, 0.29) is 18.2 Å². The number of rotatable bonds is 4. The molecular formula is C14H17F3N2O2. The van der Waals surface area contributed by atoms with Crippen molar-refractivity contribution in [2.45, 2.75) is 37.6 Å². The van der Waals surface area contributed by atoms with E-state index in [4.69, 9.17) is 0 Å². The van der Waals surface area contributed by atoms with Crippen LogP contribution in [-0.2, 0) is 6.18 Å². The number of aliphatic hydroxyl groups excluding tert-OH is 1. The molecule has 0 heterocycles. The summed E-state index contributed by atoms with van der Waals surface area (Å²) in [5.41, 5.74) is -0.702. The van der Waals surface area contributed by atoms with Crippen LogP contribution in [0.15, 0.2) is 24.3 Å². The molecule has 0 radical (unpaired) electrons. The lowest BCUT2D eigenvalue weighted by molar-refractivity contribution is -0.137. The smallest absolute Gasteiger partial charge is 0.387 e. The topological polar surface area (TPSA) is 61.4 Å². The maximum Gasteiger partial charge on any atom is 0.416 e. The average molecular weight is 302 g/mol. The fourth-order valence-electron chi connectivity index (χ4n) is 2.02. The number of halogens is 3. The standard InChI is InChI=1S/C14H17F3N2O2/c15-14(16,17)10-4-1-3-9(7-10)12(20)8-18-13(21)19-11-5-2-6-11/h1,3-4,7,11-12,20H,2,5-6,8H2,(H2,18,19,21)/t12-/m0/s1. The number of alkyl halides is 3. The van der Waals surface area contributed by atoms with E-state index in [0.29, 0.717) is 0 Å². The van der Waals surface area contributed by atoms with Crippen LogP contribution in [0.25, 0.3) is 0 Å². The van der Waals surface area contributed by atoms with Crippen molar-refractivity contribution >= 4 is 6.03 Å². The van der Waals surface area contributed by atoms with Gasteiger partial charge in [-0.25, -0.2) is 4.79 Å². The van der Waals surface area contributed by atoms with Crippen molar-refractivity contribution in [3.8, 4) is 0 Å². The van der Waals surface area contributed by atoms with Gasteiger partial charge in [-0.1, -0.05) is 12.1 Å². The lowest BCUT2D eigenvalue weighted by atomic mass is 9.93. The van der Waals surface area contributed by atoms with Crippen molar-refractivity contribution in [2.75, 3.05) is 6.54 Å². The molecule has 1 fully saturated rings. The number of urea groups is 1. The number of carbonyl (C=O) groups excluding carboxylic acids is 1. The first-order valence-electron chi connectivity index (χ1n) is 6.76. The second-order valence-corrected chi connectivity index (χ2v) is 5.12. The molecule has 4 nitrogen and oxygen atoms in total. The Kier molecular flexibility index (Phi) is 4.72. The molecular weight excluding hydrogens is 285 g/mol. The van der Waals surface area contributed by atoms with E-state index in [1.807, 2.05) is 0 Å². The van der Waals surface area contributed by atoms with E-state index in [2.05, 4.69) is 10.6 Å². The zero-order chi connectivity index (χ0) is 15.5. The van der Waals surface area contributed by atoms with Gasteiger partial charge in [-0.15, -0.1) is 0 Å². The lowest BCUT2D eigenvalue weighted by Crippen LogP contribution is -2.46. The molecule has 1 aromatic rings. The summed E-state index contributed by atoms with van der Waals surface area (Å²) in [6.45, 7) is -0.139. The van der Waals surface area contributed by atoms with Crippen molar-refractivity contribution in [2.24, 2.45) is 0 Å². The van der Waals surface area contributed by atoms with Gasteiger partial charge in [0.15, 0.2) is 0 Å². The van der Waals surface area contributed by atoms with E-state index in [9.17, 15) is 23.1 Å². The van der Waals surface area contributed by atoms with Gasteiger partial charge in [0.05, 0.1) is 11.7 Å². The second-order valence-electron chi connectivity index (χ2n) is 5.12. The third-order valence-corrected chi connectivity index (χ3v) is 3.50. The first-order valence-corrected chi connectivity index (χ1v) is 6.76. The Labute approximate surface area is 120 Å². The van der Waals surface area contributed by atoms with Crippen LogP contribution in [0, 0.1) is 0 Å². The molecule has 0 spiro atoms. The molecule has 2 rings (SSSR count). The highest BCUT2D eigenvalue weighted by Crippen LogP contribution is 2.30. The van der Waals surface area contributed by atoms with Crippen molar-refractivity contribution in [1.82, 2.24) is 10.6 Å². The number of benzene rings is 1. The fourth-order valence-corrected chi connectivity index (χ4v) is 2.02. The molecule has 21 heavy (non-hydrogen) atoms. The predicted molar refractivity (Wildman–Crippen MR) is 70.6 cm³/mol. The van der Waals surface area contributed by atoms with Gasteiger partial charge in [0.2, 0.25) is 0 Å². The highest BCUT2D eigenvalue weighted by Gasteiger charge is 2.30. The van der Waals surface area contributed by atoms with Crippen molar-refractivity contribution in [3.05, 3.63) is 35.4 Å².